The zero-order chi connectivity index (χ0) is 8.91. The number of hydrogen-bond donors (Lipinski definition) is 1. The molecule has 3 nitrogen and oxygen atoms in total. The Bertz CT molecular complexity index is 102. The number of thiol groups is 1. The van der Waals surface area contributed by atoms with E-state index in [2.05, 4.69) is 11.7 Å². The lowest BCUT2D eigenvalue weighted by molar-refractivity contribution is 0.123. The highest BCUT2D eigenvalue weighted by molar-refractivity contribution is 8.69. The largest absolute Gasteiger partial charge is 0.514 e. The summed E-state index contributed by atoms with van der Waals surface area (Å²) in [6.07, 6.45) is 0. The van der Waals surface area contributed by atoms with Crippen LogP contribution in [-0.4, -0.2) is 35.0 Å². The molecule has 68 valence electrons. The lowest BCUT2D eigenvalue weighted by Gasteiger charge is -2.28. The highest BCUT2D eigenvalue weighted by Gasteiger charge is 2.44. The lowest BCUT2D eigenvalue weighted by atomic mass is 11.0. The minimum Gasteiger partial charge on any atom is -0.376 e. The maximum absolute atomic E-state index is 5.21. The smallest absolute Gasteiger partial charge is 0.376 e. The molecule has 0 N–H and O–H groups in total. The van der Waals surface area contributed by atoms with Crippen LogP contribution in [0.4, 0.5) is 0 Å². The molecule has 0 spiro atoms. The van der Waals surface area contributed by atoms with Gasteiger partial charge < -0.3 is 13.3 Å². The molecule has 0 aliphatic heterocycles. The average Bonchev–Trinajstić information content (AvgIpc) is 2.08. The minimum absolute atomic E-state index is 0.144. The summed E-state index contributed by atoms with van der Waals surface area (Å²) in [5, 5.41) is 0. The first-order valence-corrected chi connectivity index (χ1v) is 6.86. The molecular weight excluding hydrogens is 200 g/mol. The average molecular weight is 214 g/mol. The fourth-order valence-corrected chi connectivity index (χ4v) is 4.85. The monoisotopic (exact) mass is 214 g/mol. The van der Waals surface area contributed by atoms with Gasteiger partial charge in [-0.05, 0) is 6.92 Å². The van der Waals surface area contributed by atoms with Crippen molar-refractivity contribution >= 4 is 31.3 Å². The molecule has 0 fully saturated rings. The van der Waals surface area contributed by atoms with Crippen LogP contribution in [0.3, 0.4) is 0 Å². The van der Waals surface area contributed by atoms with Crippen LogP contribution in [0.25, 0.3) is 0 Å². The van der Waals surface area contributed by atoms with Crippen molar-refractivity contribution in [3.8, 4) is 0 Å². The second kappa shape index (κ2) is 5.44. The Morgan fingerprint density at radius 1 is 1.18 bits per heavy atom. The zero-order valence-corrected chi connectivity index (χ0v) is 9.87. The van der Waals surface area contributed by atoms with Crippen LogP contribution < -0.4 is 0 Å². The summed E-state index contributed by atoms with van der Waals surface area (Å²) in [6, 6.07) is 0. The van der Waals surface area contributed by atoms with Gasteiger partial charge in [-0.25, -0.2) is 0 Å². The quantitative estimate of drug-likeness (QED) is 0.425. The molecule has 0 aromatic rings. The summed E-state index contributed by atoms with van der Waals surface area (Å²) < 4.78 is 15.6. The van der Waals surface area contributed by atoms with Gasteiger partial charge in [-0.3, -0.25) is 0 Å². The van der Waals surface area contributed by atoms with Crippen molar-refractivity contribution < 1.29 is 13.3 Å². The van der Waals surface area contributed by atoms with Crippen LogP contribution in [0.2, 0.25) is 0 Å². The molecule has 0 amide bonds. The van der Waals surface area contributed by atoms with Gasteiger partial charge in [0.25, 0.3) is 0 Å². The van der Waals surface area contributed by atoms with Gasteiger partial charge in [0, 0.05) is 21.3 Å². The van der Waals surface area contributed by atoms with Crippen molar-refractivity contribution in [3.05, 3.63) is 0 Å². The molecule has 6 heteroatoms. The third-order valence-corrected chi connectivity index (χ3v) is 7.29. The predicted octanol–water partition coefficient (Wildman–Crippen LogP) is 1.37. The van der Waals surface area contributed by atoms with Crippen LogP contribution >= 0.6 is 22.5 Å². The van der Waals surface area contributed by atoms with Gasteiger partial charge in [0.15, 0.2) is 0 Å². The summed E-state index contributed by atoms with van der Waals surface area (Å²) in [5.41, 5.74) is 0. The van der Waals surface area contributed by atoms with Gasteiger partial charge in [-0.15, -0.1) is 11.7 Å². The van der Waals surface area contributed by atoms with E-state index < -0.39 is 8.80 Å². The van der Waals surface area contributed by atoms with E-state index in [0.717, 1.165) is 0 Å². The van der Waals surface area contributed by atoms with Crippen LogP contribution in [0.15, 0.2) is 0 Å². The van der Waals surface area contributed by atoms with Gasteiger partial charge in [0.1, 0.15) is 0 Å². The summed E-state index contributed by atoms with van der Waals surface area (Å²) in [7, 11) is 3.74. The van der Waals surface area contributed by atoms with E-state index in [1.54, 1.807) is 21.3 Å². The highest BCUT2D eigenvalue weighted by Crippen LogP contribution is 2.25. The Morgan fingerprint density at radius 3 is 1.64 bits per heavy atom. The normalized spacial score (nSPS) is 15.0. The van der Waals surface area contributed by atoms with Crippen molar-refractivity contribution in [1.82, 2.24) is 0 Å². The fourth-order valence-electron chi connectivity index (χ4n) is 0.812. The molecule has 0 radical (unpaired) electrons. The van der Waals surface area contributed by atoms with Crippen LogP contribution in [0, 0.1) is 0 Å². The molecule has 0 bridgehead atoms. The maximum atomic E-state index is 5.21. The molecule has 0 saturated carbocycles. The molecule has 0 aliphatic carbocycles. The second-order valence-electron chi connectivity index (χ2n) is 1.96. The maximum Gasteiger partial charge on any atom is 0.514 e. The first-order chi connectivity index (χ1) is 5.16. The molecule has 1 atom stereocenters. The molecule has 0 rings (SSSR count). The molecule has 0 aromatic heterocycles. The fraction of sp³-hybridized carbons (Fsp3) is 1.00. The van der Waals surface area contributed by atoms with E-state index in [1.807, 2.05) is 6.92 Å². The Morgan fingerprint density at radius 2 is 1.55 bits per heavy atom. The first kappa shape index (κ1) is 11.8. The predicted molar refractivity (Wildman–Crippen MR) is 52.8 cm³/mol. The van der Waals surface area contributed by atoms with E-state index in [-0.39, 0.29) is 4.87 Å². The van der Waals surface area contributed by atoms with E-state index >= 15 is 0 Å². The SMILES string of the molecule is CO[Si](OC)(OC)C(C)SS. The van der Waals surface area contributed by atoms with Crippen molar-refractivity contribution in [1.29, 1.82) is 0 Å². The highest BCUT2D eigenvalue weighted by atomic mass is 33.1. The first-order valence-electron chi connectivity index (χ1n) is 3.12. The summed E-state index contributed by atoms with van der Waals surface area (Å²) >= 11 is 4.08. The number of rotatable bonds is 5. The van der Waals surface area contributed by atoms with Crippen molar-refractivity contribution in [2.24, 2.45) is 0 Å². The zero-order valence-electron chi connectivity index (χ0n) is 7.16. The Balaban J connectivity index is 4.26. The van der Waals surface area contributed by atoms with Crippen LogP contribution in [0.5, 0.6) is 0 Å². The Labute approximate surface area is 78.0 Å². The molecular formula is C5H14O3S2Si. The van der Waals surface area contributed by atoms with Crippen molar-refractivity contribution in [2.75, 3.05) is 21.3 Å². The van der Waals surface area contributed by atoms with Gasteiger partial charge >= 0.3 is 8.80 Å². The van der Waals surface area contributed by atoms with E-state index in [9.17, 15) is 0 Å². The topological polar surface area (TPSA) is 27.7 Å². The van der Waals surface area contributed by atoms with Gasteiger partial charge in [0.05, 0.1) is 4.87 Å². The third-order valence-electron chi connectivity index (χ3n) is 1.51. The van der Waals surface area contributed by atoms with Crippen LogP contribution in [0.1, 0.15) is 6.92 Å². The van der Waals surface area contributed by atoms with Gasteiger partial charge in [-0.2, -0.15) is 0 Å². The van der Waals surface area contributed by atoms with Crippen molar-refractivity contribution in [2.45, 2.75) is 11.8 Å². The molecule has 0 aliphatic rings. The van der Waals surface area contributed by atoms with Crippen molar-refractivity contribution in [3.63, 3.8) is 0 Å². The molecule has 0 aromatic carbocycles. The second-order valence-corrected chi connectivity index (χ2v) is 7.23. The molecule has 1 unspecified atom stereocenters. The Hall–Kier alpha value is 0.797. The molecule has 0 heterocycles. The minimum atomic E-state index is -2.43. The lowest BCUT2D eigenvalue weighted by Crippen LogP contribution is -2.51. The summed E-state index contributed by atoms with van der Waals surface area (Å²) in [6.45, 7) is 1.97. The van der Waals surface area contributed by atoms with E-state index in [1.165, 1.54) is 10.8 Å². The Kier molecular flexibility index (Phi) is 5.84. The standard InChI is InChI=1S/C5H14O3S2Si/c1-5(10-9)11(6-2,7-3)8-4/h5,9H,1-4H3. The van der Waals surface area contributed by atoms with Gasteiger partial charge in [0.2, 0.25) is 0 Å². The van der Waals surface area contributed by atoms with E-state index in [0.29, 0.717) is 0 Å². The molecule has 0 saturated heterocycles. The summed E-state index contributed by atoms with van der Waals surface area (Å²) in [4.78, 5) is 0.144. The van der Waals surface area contributed by atoms with Crippen LogP contribution in [-0.2, 0) is 13.3 Å². The summed E-state index contributed by atoms with van der Waals surface area (Å²) in [5.74, 6) is 0. The van der Waals surface area contributed by atoms with E-state index in [4.69, 9.17) is 13.3 Å². The van der Waals surface area contributed by atoms with Gasteiger partial charge in [-0.1, -0.05) is 10.8 Å². The molecule has 11 heavy (non-hydrogen) atoms. The third kappa shape index (κ3) is 2.64. The number of hydrogen-bond acceptors (Lipinski definition) is 5.